The number of nitrogens with one attached hydrogen (secondary N) is 1. The number of thiocarbonyl (C=S) groups is 1. The summed E-state index contributed by atoms with van der Waals surface area (Å²) in [6.45, 7) is 1.43. The van der Waals surface area contributed by atoms with Gasteiger partial charge in [-0.3, -0.25) is 14.5 Å². The van der Waals surface area contributed by atoms with Gasteiger partial charge in [0.2, 0.25) is 12.7 Å². The van der Waals surface area contributed by atoms with Crippen LogP contribution in [0, 0.1) is 0 Å². The van der Waals surface area contributed by atoms with Crippen molar-refractivity contribution >= 4 is 46.2 Å². The zero-order chi connectivity index (χ0) is 23.0. The van der Waals surface area contributed by atoms with Gasteiger partial charge in [-0.05, 0) is 48.6 Å². The van der Waals surface area contributed by atoms with Gasteiger partial charge in [0.05, 0.1) is 4.91 Å². The van der Waals surface area contributed by atoms with Crippen molar-refractivity contribution in [1.82, 2.24) is 10.2 Å². The Hall–Kier alpha value is -2.84. The van der Waals surface area contributed by atoms with Crippen LogP contribution in [0.2, 0.25) is 0 Å². The molecule has 2 aliphatic heterocycles. The lowest BCUT2D eigenvalue weighted by Gasteiger charge is -2.14. The van der Waals surface area contributed by atoms with Gasteiger partial charge in [-0.25, -0.2) is 0 Å². The first-order valence-electron chi connectivity index (χ1n) is 11.1. The number of rotatable bonds is 10. The summed E-state index contributed by atoms with van der Waals surface area (Å²) in [6, 6.07) is 15.7. The Kier molecular flexibility index (Phi) is 8.01. The maximum absolute atomic E-state index is 12.8. The highest BCUT2D eigenvalue weighted by molar-refractivity contribution is 8.26. The van der Waals surface area contributed by atoms with E-state index in [9.17, 15) is 9.59 Å². The summed E-state index contributed by atoms with van der Waals surface area (Å²) in [6.07, 6.45) is 5.63. The number of carbonyl (C=O) groups is 2. The molecule has 0 spiro atoms. The fourth-order valence-electron chi connectivity index (χ4n) is 3.66. The van der Waals surface area contributed by atoms with Crippen LogP contribution in [-0.2, 0) is 16.0 Å². The first-order chi connectivity index (χ1) is 16.1. The summed E-state index contributed by atoms with van der Waals surface area (Å²) in [5.41, 5.74) is 2.09. The molecule has 0 radical (unpaired) electrons. The molecular weight excluding hydrogens is 456 g/mol. The molecule has 2 heterocycles. The SMILES string of the molecule is O=C(CCCCCN1C(=O)C(=Cc2ccc3c(c2)OCO3)SC1=S)NCCc1ccccc1. The van der Waals surface area contributed by atoms with Gasteiger partial charge in [-0.15, -0.1) is 0 Å². The molecule has 1 N–H and O–H groups in total. The largest absolute Gasteiger partial charge is 0.454 e. The van der Waals surface area contributed by atoms with Gasteiger partial charge in [0.25, 0.3) is 5.91 Å². The highest BCUT2D eigenvalue weighted by atomic mass is 32.2. The lowest BCUT2D eigenvalue weighted by Crippen LogP contribution is -2.29. The van der Waals surface area contributed by atoms with Crippen LogP contribution < -0.4 is 14.8 Å². The zero-order valence-electron chi connectivity index (χ0n) is 18.2. The fraction of sp³-hybridized carbons (Fsp3) is 0.320. The summed E-state index contributed by atoms with van der Waals surface area (Å²) in [4.78, 5) is 27.1. The third-order valence-electron chi connectivity index (χ3n) is 5.43. The third-order valence-corrected chi connectivity index (χ3v) is 6.81. The number of thioether (sulfide) groups is 1. The van der Waals surface area contributed by atoms with Gasteiger partial charge < -0.3 is 14.8 Å². The third kappa shape index (κ3) is 6.36. The van der Waals surface area contributed by atoms with Gasteiger partial charge in [-0.2, -0.15) is 0 Å². The van der Waals surface area contributed by atoms with Crippen LogP contribution in [0.25, 0.3) is 6.08 Å². The molecule has 8 heteroatoms. The lowest BCUT2D eigenvalue weighted by molar-refractivity contribution is -0.122. The Labute approximate surface area is 203 Å². The van der Waals surface area contributed by atoms with E-state index >= 15 is 0 Å². The summed E-state index contributed by atoms with van der Waals surface area (Å²) >= 11 is 6.73. The molecule has 4 rings (SSSR count). The molecule has 2 aliphatic rings. The average molecular weight is 483 g/mol. The second kappa shape index (κ2) is 11.3. The molecule has 2 aromatic carbocycles. The quantitative estimate of drug-likeness (QED) is 0.305. The number of hydrogen-bond acceptors (Lipinski definition) is 6. The van der Waals surface area contributed by atoms with Crippen molar-refractivity contribution in [2.75, 3.05) is 19.9 Å². The average Bonchev–Trinajstić information content (AvgIpc) is 3.38. The number of hydrogen-bond donors (Lipinski definition) is 1. The maximum atomic E-state index is 12.8. The Morgan fingerprint density at radius 2 is 1.91 bits per heavy atom. The molecule has 6 nitrogen and oxygen atoms in total. The van der Waals surface area contributed by atoms with Gasteiger partial charge in [0.15, 0.2) is 11.5 Å². The van der Waals surface area contributed by atoms with Crippen molar-refractivity contribution in [2.24, 2.45) is 0 Å². The summed E-state index contributed by atoms with van der Waals surface area (Å²) in [5, 5.41) is 2.97. The number of benzene rings is 2. The van der Waals surface area contributed by atoms with Crippen molar-refractivity contribution in [3.8, 4) is 11.5 Å². The van der Waals surface area contributed by atoms with E-state index in [-0.39, 0.29) is 18.6 Å². The van der Waals surface area contributed by atoms with E-state index < -0.39 is 0 Å². The van der Waals surface area contributed by atoms with Crippen LogP contribution >= 0.6 is 24.0 Å². The molecule has 0 bridgehead atoms. The molecule has 33 heavy (non-hydrogen) atoms. The number of nitrogens with zero attached hydrogens (tertiary/aromatic N) is 1. The number of ether oxygens (including phenoxy) is 2. The molecule has 0 aliphatic carbocycles. The summed E-state index contributed by atoms with van der Waals surface area (Å²) in [5.74, 6) is 1.40. The van der Waals surface area contributed by atoms with E-state index in [4.69, 9.17) is 21.7 Å². The molecule has 0 unspecified atom stereocenters. The first-order valence-corrected chi connectivity index (χ1v) is 12.3. The zero-order valence-corrected chi connectivity index (χ0v) is 19.9. The van der Waals surface area contributed by atoms with Crippen LogP contribution in [0.15, 0.2) is 53.4 Å². The Morgan fingerprint density at radius 1 is 1.09 bits per heavy atom. The van der Waals surface area contributed by atoms with Crippen LogP contribution in [0.4, 0.5) is 0 Å². The molecule has 1 fully saturated rings. The van der Waals surface area contributed by atoms with E-state index in [0.29, 0.717) is 40.2 Å². The topological polar surface area (TPSA) is 67.9 Å². The van der Waals surface area contributed by atoms with Crippen LogP contribution in [0.5, 0.6) is 11.5 Å². The van der Waals surface area contributed by atoms with Gasteiger partial charge in [0, 0.05) is 19.5 Å². The predicted molar refractivity (Wildman–Crippen MR) is 134 cm³/mol. The Bertz CT molecular complexity index is 1060. The molecule has 2 amide bonds. The molecule has 2 aromatic rings. The predicted octanol–water partition coefficient (Wildman–Crippen LogP) is 4.54. The number of carbonyl (C=O) groups excluding carboxylic acids is 2. The fourth-order valence-corrected chi connectivity index (χ4v) is 4.97. The van der Waals surface area contributed by atoms with E-state index in [1.807, 2.05) is 42.5 Å². The summed E-state index contributed by atoms with van der Waals surface area (Å²) < 4.78 is 11.3. The normalized spacial score (nSPS) is 16.0. The lowest BCUT2D eigenvalue weighted by atomic mass is 10.1. The van der Waals surface area contributed by atoms with Crippen molar-refractivity contribution in [2.45, 2.75) is 32.1 Å². The Balaban J connectivity index is 1.16. The molecule has 0 aromatic heterocycles. The number of fused-ring (bicyclic) bond motifs is 1. The maximum Gasteiger partial charge on any atom is 0.266 e. The number of amides is 2. The standard InChI is InChI=1S/C25H26N2O4S2/c28-23(26-13-12-18-7-3-1-4-8-18)9-5-2-6-14-27-24(29)22(33-25(27)32)16-19-10-11-20-21(15-19)31-17-30-20/h1,3-4,7-8,10-11,15-16H,2,5-6,9,12-14,17H2,(H,26,28). The summed E-state index contributed by atoms with van der Waals surface area (Å²) in [7, 11) is 0. The van der Waals surface area contributed by atoms with E-state index in [1.165, 1.54) is 17.3 Å². The minimum Gasteiger partial charge on any atom is -0.454 e. The second-order valence-corrected chi connectivity index (χ2v) is 9.52. The minimum absolute atomic E-state index is 0.0682. The first kappa shape index (κ1) is 23.3. The van der Waals surface area contributed by atoms with Crippen LogP contribution in [0.3, 0.4) is 0 Å². The number of unbranched alkanes of at least 4 members (excludes halogenated alkanes) is 2. The van der Waals surface area contributed by atoms with Crippen molar-refractivity contribution in [1.29, 1.82) is 0 Å². The molecule has 1 saturated heterocycles. The highest BCUT2D eigenvalue weighted by Gasteiger charge is 2.31. The van der Waals surface area contributed by atoms with Gasteiger partial charge in [0.1, 0.15) is 4.32 Å². The molecule has 172 valence electrons. The van der Waals surface area contributed by atoms with Gasteiger partial charge >= 0.3 is 0 Å². The molecule has 0 atom stereocenters. The van der Waals surface area contributed by atoms with Crippen molar-refractivity contribution < 1.29 is 19.1 Å². The van der Waals surface area contributed by atoms with Crippen LogP contribution in [-0.4, -0.2) is 40.9 Å². The molecular formula is C25H26N2O4S2. The monoisotopic (exact) mass is 482 g/mol. The van der Waals surface area contributed by atoms with Crippen molar-refractivity contribution in [3.63, 3.8) is 0 Å². The second-order valence-electron chi connectivity index (χ2n) is 7.84. The molecule has 0 saturated carbocycles. The van der Waals surface area contributed by atoms with Crippen molar-refractivity contribution in [3.05, 3.63) is 64.6 Å². The van der Waals surface area contributed by atoms with E-state index in [1.54, 1.807) is 4.90 Å². The Morgan fingerprint density at radius 3 is 2.76 bits per heavy atom. The minimum atomic E-state index is -0.0682. The van der Waals surface area contributed by atoms with E-state index in [2.05, 4.69) is 17.4 Å². The van der Waals surface area contributed by atoms with Crippen LogP contribution in [0.1, 0.15) is 36.8 Å². The highest BCUT2D eigenvalue weighted by Crippen LogP contribution is 2.36. The smallest absolute Gasteiger partial charge is 0.266 e. The van der Waals surface area contributed by atoms with E-state index in [0.717, 1.165) is 31.2 Å². The van der Waals surface area contributed by atoms with Gasteiger partial charge in [-0.1, -0.05) is 66.8 Å².